The van der Waals surface area contributed by atoms with Gasteiger partial charge in [0.15, 0.2) is 5.79 Å². The summed E-state index contributed by atoms with van der Waals surface area (Å²) in [6.07, 6.45) is 26.6. The van der Waals surface area contributed by atoms with Gasteiger partial charge in [-0.1, -0.05) is 136 Å². The van der Waals surface area contributed by atoms with E-state index in [1.54, 1.807) is 0 Å². The van der Waals surface area contributed by atoms with Crippen molar-refractivity contribution < 1.29 is 61.6 Å². The fourth-order valence-electron chi connectivity index (χ4n) is 16.9. The summed E-state index contributed by atoms with van der Waals surface area (Å²) >= 11 is 0. The number of hydrogen-bond acceptors (Lipinski definition) is 13. The molecule has 12 aliphatic rings. The average Bonchev–Trinajstić information content (AvgIpc) is 3.64. The molecule has 12 heterocycles. The molecule has 81 heavy (non-hydrogen) atoms. The van der Waals surface area contributed by atoms with E-state index < -0.39 is 11.4 Å². The van der Waals surface area contributed by atoms with Gasteiger partial charge in [0.2, 0.25) is 0 Å². The number of allylic oxidation sites excluding steroid dienone is 1. The van der Waals surface area contributed by atoms with Crippen LogP contribution in [-0.4, -0.2) is 152 Å². The van der Waals surface area contributed by atoms with Gasteiger partial charge in [-0.3, -0.25) is 0 Å². The van der Waals surface area contributed by atoms with Crippen molar-refractivity contribution in [3.05, 3.63) is 73.9 Å². The van der Waals surface area contributed by atoms with Crippen LogP contribution < -0.4 is 0 Å². The van der Waals surface area contributed by atoms with Crippen LogP contribution in [-0.2, 0) is 61.6 Å². The zero-order valence-corrected chi connectivity index (χ0v) is 50.9. The third-order valence-electron chi connectivity index (χ3n) is 22.5. The molecule has 13 nitrogen and oxygen atoms in total. The predicted molar refractivity (Wildman–Crippen MR) is 309 cm³/mol. The van der Waals surface area contributed by atoms with Gasteiger partial charge >= 0.3 is 0 Å². The topological polar surface area (TPSA) is 120 Å². The SMILES string of the molecule is C=CC[C@@H]1O[C@@H]2C[C@@H]3O[C@@H]4C[C@@H]5O[C@@H]6[C@@H](C)[C@H](C)[C@@]7(C[C@H](C)CO7)O[C@H]6C(C)[C@H](C)[C@H]5O[C@H]4C[C@@H](C)C[C@H]3O[C@@]2(C)[C@H](C)C[C@H]1O[C@H]1C=C[C@H]2O[C@H]3C[C@H]4O[C@H]5CC=C[C@H](/C=C/[C@H](C)CC)O[C@@H]5[C@@H](C)[C@@H]4O[C@@H]3C=C[C@@H]2O[C@@H]1CC=C. The first-order valence-corrected chi connectivity index (χ1v) is 32.4. The summed E-state index contributed by atoms with van der Waals surface area (Å²) in [4.78, 5) is 0. The minimum atomic E-state index is -0.571. The highest BCUT2D eigenvalue weighted by Crippen LogP contribution is 2.54. The monoisotopic (exact) mass is 1130 g/mol. The molecule has 0 bridgehead atoms. The first-order chi connectivity index (χ1) is 39.0. The molecule has 0 aromatic carbocycles. The second-order valence-corrected chi connectivity index (χ2v) is 28.2. The van der Waals surface area contributed by atoms with Crippen molar-refractivity contribution in [2.45, 2.75) is 292 Å². The Morgan fingerprint density at radius 2 is 1.22 bits per heavy atom. The highest BCUT2D eigenvalue weighted by atomic mass is 16.7. The van der Waals surface area contributed by atoms with Gasteiger partial charge in [-0.25, -0.2) is 0 Å². The molecule has 0 radical (unpaired) electrons. The van der Waals surface area contributed by atoms with E-state index in [1.165, 1.54) is 0 Å². The van der Waals surface area contributed by atoms with Gasteiger partial charge in [-0.15, -0.1) is 13.2 Å². The van der Waals surface area contributed by atoms with Crippen LogP contribution in [0.1, 0.15) is 147 Å². The Bertz CT molecular complexity index is 2300. The molecule has 1 spiro atoms. The van der Waals surface area contributed by atoms with Crippen LogP contribution in [0.2, 0.25) is 0 Å². The molecule has 13 heteroatoms. The molecular formula is C68H102O13. The van der Waals surface area contributed by atoms with E-state index in [9.17, 15) is 0 Å². The van der Waals surface area contributed by atoms with E-state index in [0.717, 1.165) is 64.4 Å². The third kappa shape index (κ3) is 11.5. The van der Waals surface area contributed by atoms with Crippen LogP contribution in [0.15, 0.2) is 73.9 Å². The highest BCUT2D eigenvalue weighted by Gasteiger charge is 2.62. The van der Waals surface area contributed by atoms with Gasteiger partial charge in [0.05, 0.1) is 122 Å². The van der Waals surface area contributed by atoms with E-state index >= 15 is 0 Å². The van der Waals surface area contributed by atoms with Crippen LogP contribution in [0.5, 0.6) is 0 Å². The summed E-state index contributed by atoms with van der Waals surface area (Å²) in [7, 11) is 0. The minimum absolute atomic E-state index is 0.0399. The molecule has 452 valence electrons. The maximum absolute atomic E-state index is 7.49. The van der Waals surface area contributed by atoms with Crippen molar-refractivity contribution in [3.8, 4) is 0 Å². The highest BCUT2D eigenvalue weighted by molar-refractivity contribution is 5.17. The smallest absolute Gasteiger partial charge is 0.171 e. The Balaban J connectivity index is 0.722. The van der Waals surface area contributed by atoms with Crippen molar-refractivity contribution >= 4 is 0 Å². The lowest BCUT2D eigenvalue weighted by molar-refractivity contribution is -0.335. The van der Waals surface area contributed by atoms with Crippen molar-refractivity contribution in [2.24, 2.45) is 53.3 Å². The van der Waals surface area contributed by atoms with Crippen LogP contribution in [0.25, 0.3) is 0 Å². The first-order valence-electron chi connectivity index (χ1n) is 32.4. The van der Waals surface area contributed by atoms with Gasteiger partial charge in [0, 0.05) is 37.5 Å². The quantitative estimate of drug-likeness (QED) is 0.204. The molecule has 0 aromatic heterocycles. The summed E-state index contributed by atoms with van der Waals surface area (Å²) in [5.41, 5.74) is -0.571. The maximum atomic E-state index is 7.49. The number of rotatable bonds is 9. The minimum Gasteiger partial charge on any atom is -0.369 e. The lowest BCUT2D eigenvalue weighted by Gasteiger charge is -2.53. The molecule has 1 unspecified atom stereocenters. The van der Waals surface area contributed by atoms with Crippen molar-refractivity contribution in [1.29, 1.82) is 0 Å². The Labute approximate surface area is 485 Å². The molecule has 0 aliphatic carbocycles. The third-order valence-corrected chi connectivity index (χ3v) is 22.5. The molecule has 12 aliphatic heterocycles. The fourth-order valence-corrected chi connectivity index (χ4v) is 16.9. The van der Waals surface area contributed by atoms with Gasteiger partial charge in [0.25, 0.3) is 0 Å². The lowest BCUT2D eigenvalue weighted by Crippen LogP contribution is -2.62. The normalized spacial score (nSPS) is 54.5. The Kier molecular flexibility index (Phi) is 17.7. The van der Waals surface area contributed by atoms with Crippen LogP contribution in [0, 0.1) is 53.3 Å². The number of hydrogen-bond donors (Lipinski definition) is 0. The summed E-state index contributed by atoms with van der Waals surface area (Å²) < 4.78 is 92.8. The average molecular weight is 1130 g/mol. The van der Waals surface area contributed by atoms with E-state index in [2.05, 4.69) is 138 Å². The van der Waals surface area contributed by atoms with Gasteiger partial charge in [0.1, 0.15) is 24.4 Å². The summed E-state index contributed by atoms with van der Waals surface area (Å²) in [6.45, 7) is 34.5. The van der Waals surface area contributed by atoms with Crippen LogP contribution in [0.3, 0.4) is 0 Å². The van der Waals surface area contributed by atoms with Crippen molar-refractivity contribution in [3.63, 3.8) is 0 Å². The second kappa shape index (κ2) is 24.2. The Morgan fingerprint density at radius 3 is 2.00 bits per heavy atom. The molecular weight excluding hydrogens is 1020 g/mol. The van der Waals surface area contributed by atoms with E-state index in [4.69, 9.17) is 61.6 Å². The molecule has 0 N–H and O–H groups in total. The lowest BCUT2D eigenvalue weighted by atomic mass is 9.73. The van der Waals surface area contributed by atoms with Crippen LogP contribution >= 0.6 is 0 Å². The summed E-state index contributed by atoms with van der Waals surface area (Å²) in [6, 6.07) is 0. The molecule has 9 saturated heterocycles. The Morgan fingerprint density at radius 1 is 0.568 bits per heavy atom. The molecule has 0 aromatic rings. The van der Waals surface area contributed by atoms with Gasteiger partial charge in [-0.2, -0.15) is 0 Å². The van der Waals surface area contributed by atoms with E-state index in [-0.39, 0.29) is 170 Å². The fraction of sp³-hybridized carbons (Fsp3) is 0.824. The zero-order chi connectivity index (χ0) is 56.6. The second-order valence-electron chi connectivity index (χ2n) is 28.2. The van der Waals surface area contributed by atoms with Gasteiger partial charge in [-0.05, 0) is 86.9 Å². The molecule has 0 saturated carbocycles. The first kappa shape index (κ1) is 59.3. The largest absolute Gasteiger partial charge is 0.369 e. The molecule has 12 rings (SSSR count). The standard InChI is InChI=1S/C68H102O13/c1-14-18-46-48(24-25-50-49(71-46)26-27-51-55(73-50)31-59-64(77-51)43(11)63-52(74-59)21-17-20-45(70-63)23-22-36(4)16-3)72-54-30-39(7)67(13)61(76-47(54)19-15-2)33-57-58(80-67)29-37(5)28-53-56(75-57)32-60-62(78-53)40(8)41(9)66-65(79-60)42(10)44(12)68(81-66)34-38(6)35-69-68/h14-15,17,20,22-27,36-66H,1-2,16,18-19,21,28-35H2,3-13H3/b23-22+/t36-,37-,38+,39-,40+,41?,42+,43-,44+,45-,46-,47+,48+,49+,50-,51-,52+,53+,54-,55+,56-,57+,58-,59-,60+,61-,62-,63-,64+,65-,66+,67+,68-/m1/s1. The zero-order valence-electron chi connectivity index (χ0n) is 50.9. The summed E-state index contributed by atoms with van der Waals surface area (Å²) in [5, 5.41) is 0. The number of ether oxygens (including phenoxy) is 13. The van der Waals surface area contributed by atoms with Crippen molar-refractivity contribution in [2.75, 3.05) is 6.61 Å². The van der Waals surface area contributed by atoms with E-state index in [1.807, 2.05) is 12.2 Å². The predicted octanol–water partition coefficient (Wildman–Crippen LogP) is 11.6. The summed E-state index contributed by atoms with van der Waals surface area (Å²) in [5.74, 6) is 2.01. The molecule has 9 fully saturated rings. The molecule has 0 amide bonds. The van der Waals surface area contributed by atoms with Crippen LogP contribution in [0.4, 0.5) is 0 Å². The Hall–Kier alpha value is -2.08. The maximum Gasteiger partial charge on any atom is 0.171 e. The number of fused-ring (bicyclic) bond motifs is 9. The van der Waals surface area contributed by atoms with Gasteiger partial charge < -0.3 is 61.6 Å². The van der Waals surface area contributed by atoms with Crippen molar-refractivity contribution in [1.82, 2.24) is 0 Å². The molecule has 33 atom stereocenters. The van der Waals surface area contributed by atoms with E-state index in [0.29, 0.717) is 30.6 Å².